The van der Waals surface area contributed by atoms with Crippen LogP contribution in [-0.4, -0.2) is 23.6 Å². The second-order valence-corrected chi connectivity index (χ2v) is 6.98. The van der Waals surface area contributed by atoms with Gasteiger partial charge in [-0.25, -0.2) is 0 Å². The highest BCUT2D eigenvalue weighted by Crippen LogP contribution is 2.31. The minimum Gasteiger partial charge on any atom is -0.382 e. The first-order valence-electron chi connectivity index (χ1n) is 9.10. The maximum absolute atomic E-state index is 12.6. The molecule has 0 unspecified atom stereocenters. The fraction of sp³-hybridized carbons (Fsp3) is 0.286. The lowest BCUT2D eigenvalue weighted by atomic mass is 10.0. The van der Waals surface area contributed by atoms with E-state index in [-0.39, 0.29) is 17.7 Å². The Morgan fingerprint density at radius 1 is 1.04 bits per heavy atom. The van der Waals surface area contributed by atoms with Gasteiger partial charge >= 0.3 is 0 Å². The predicted molar refractivity (Wildman–Crippen MR) is 104 cm³/mol. The molecule has 0 spiro atoms. The molecule has 1 atom stereocenters. The van der Waals surface area contributed by atoms with Crippen molar-refractivity contribution in [3.05, 3.63) is 59.7 Å². The summed E-state index contributed by atoms with van der Waals surface area (Å²) in [5.41, 5.74) is 3.97. The van der Waals surface area contributed by atoms with Crippen molar-refractivity contribution in [3.63, 3.8) is 0 Å². The highest BCUT2D eigenvalue weighted by atomic mass is 16.6. The highest BCUT2D eigenvalue weighted by molar-refractivity contribution is 6.06. The molecule has 0 bridgehead atoms. The van der Waals surface area contributed by atoms with E-state index in [2.05, 4.69) is 15.8 Å². The van der Waals surface area contributed by atoms with Crippen LogP contribution in [0.3, 0.4) is 0 Å². The normalized spacial score (nSPS) is 18.4. The summed E-state index contributed by atoms with van der Waals surface area (Å²) in [6.07, 6.45) is 1.66. The Bertz CT molecular complexity index is 904. The molecular weight excluding hydrogens is 342 g/mol. The first-order valence-corrected chi connectivity index (χ1v) is 9.10. The number of carbonyl (C=O) groups excluding carboxylic acids is 2. The molecule has 1 aliphatic heterocycles. The van der Waals surface area contributed by atoms with Crippen LogP contribution in [0.5, 0.6) is 0 Å². The molecule has 1 aliphatic carbocycles. The zero-order valence-electron chi connectivity index (χ0n) is 15.1. The van der Waals surface area contributed by atoms with Crippen LogP contribution in [0.2, 0.25) is 0 Å². The molecule has 1 fully saturated rings. The van der Waals surface area contributed by atoms with Crippen molar-refractivity contribution in [2.45, 2.75) is 32.3 Å². The van der Waals surface area contributed by atoms with E-state index in [9.17, 15) is 9.59 Å². The van der Waals surface area contributed by atoms with Crippen molar-refractivity contribution in [2.75, 3.05) is 10.6 Å². The zero-order chi connectivity index (χ0) is 18.8. The maximum Gasteiger partial charge on any atom is 0.268 e. The van der Waals surface area contributed by atoms with Crippen molar-refractivity contribution < 1.29 is 14.4 Å². The minimum absolute atomic E-state index is 0.0381. The highest BCUT2D eigenvalue weighted by Gasteiger charge is 2.30. The molecule has 2 aromatic carbocycles. The number of hydrogen-bond donors (Lipinski definition) is 2. The van der Waals surface area contributed by atoms with Crippen molar-refractivity contribution >= 4 is 28.9 Å². The Morgan fingerprint density at radius 2 is 1.81 bits per heavy atom. The van der Waals surface area contributed by atoms with Crippen LogP contribution >= 0.6 is 0 Å². The number of anilines is 2. The van der Waals surface area contributed by atoms with E-state index >= 15 is 0 Å². The molecular formula is C21H21N3O3. The molecule has 1 saturated carbocycles. The Morgan fingerprint density at radius 3 is 2.56 bits per heavy atom. The molecule has 2 amide bonds. The Labute approximate surface area is 157 Å². The molecule has 1 heterocycles. The molecule has 2 aliphatic rings. The van der Waals surface area contributed by atoms with Gasteiger partial charge in [0, 0.05) is 23.7 Å². The number of rotatable bonds is 5. The van der Waals surface area contributed by atoms with Gasteiger partial charge in [-0.15, -0.1) is 0 Å². The number of amides is 2. The smallest absolute Gasteiger partial charge is 0.268 e. The molecule has 0 radical (unpaired) electrons. The van der Waals surface area contributed by atoms with Gasteiger partial charge < -0.3 is 15.5 Å². The average Bonchev–Trinajstić information content (AvgIpc) is 3.42. The summed E-state index contributed by atoms with van der Waals surface area (Å²) in [5, 5.41) is 9.85. The maximum atomic E-state index is 12.6. The third-order valence-corrected chi connectivity index (χ3v) is 4.78. The van der Waals surface area contributed by atoms with Crippen molar-refractivity contribution in [3.8, 4) is 0 Å². The molecule has 2 N–H and O–H groups in total. The third-order valence-electron chi connectivity index (χ3n) is 4.78. The van der Waals surface area contributed by atoms with Crippen LogP contribution < -0.4 is 10.6 Å². The summed E-state index contributed by atoms with van der Waals surface area (Å²) in [4.78, 5) is 29.9. The van der Waals surface area contributed by atoms with Gasteiger partial charge in [-0.05, 0) is 43.0 Å². The van der Waals surface area contributed by atoms with E-state index in [1.54, 1.807) is 6.07 Å². The van der Waals surface area contributed by atoms with Gasteiger partial charge in [-0.3, -0.25) is 9.59 Å². The van der Waals surface area contributed by atoms with Crippen LogP contribution in [0.1, 0.15) is 30.4 Å². The van der Waals surface area contributed by atoms with Gasteiger partial charge in [0.05, 0.1) is 5.71 Å². The van der Waals surface area contributed by atoms with E-state index in [0.29, 0.717) is 17.8 Å². The van der Waals surface area contributed by atoms with Gasteiger partial charge in [-0.1, -0.05) is 41.6 Å². The van der Waals surface area contributed by atoms with Crippen LogP contribution in [0, 0.1) is 12.8 Å². The average molecular weight is 363 g/mol. The Balaban J connectivity index is 1.40. The summed E-state index contributed by atoms with van der Waals surface area (Å²) >= 11 is 0. The number of hydrogen-bond acceptors (Lipinski definition) is 4. The van der Waals surface area contributed by atoms with E-state index < -0.39 is 6.10 Å². The molecule has 0 aromatic heterocycles. The number of nitrogens with one attached hydrogen (secondary N) is 2. The Kier molecular flexibility index (Phi) is 4.62. The number of nitrogens with zero attached hydrogens (tertiary/aromatic N) is 1. The van der Waals surface area contributed by atoms with Crippen molar-refractivity contribution in [1.29, 1.82) is 0 Å². The SMILES string of the molecule is Cc1ccc(NC(=O)C2CC2)cc1NC(=O)[C@H]1CC(c2ccccc2)=NO1. The summed E-state index contributed by atoms with van der Waals surface area (Å²) < 4.78 is 0. The van der Waals surface area contributed by atoms with Crippen molar-refractivity contribution in [1.82, 2.24) is 0 Å². The van der Waals surface area contributed by atoms with Crippen LogP contribution in [-0.2, 0) is 14.4 Å². The number of aryl methyl sites for hydroxylation is 1. The van der Waals surface area contributed by atoms with E-state index in [1.165, 1.54) is 0 Å². The van der Waals surface area contributed by atoms with Gasteiger partial charge in [0.25, 0.3) is 5.91 Å². The fourth-order valence-electron chi connectivity index (χ4n) is 2.96. The van der Waals surface area contributed by atoms with Crippen LogP contribution in [0.25, 0.3) is 0 Å². The first-order chi connectivity index (χ1) is 13.1. The van der Waals surface area contributed by atoms with Gasteiger partial charge in [0.1, 0.15) is 0 Å². The molecule has 6 nitrogen and oxygen atoms in total. The summed E-state index contributed by atoms with van der Waals surface area (Å²) in [5.74, 6) is -0.0839. The first kappa shape index (κ1) is 17.3. The van der Waals surface area contributed by atoms with Crippen molar-refractivity contribution in [2.24, 2.45) is 11.1 Å². The second-order valence-electron chi connectivity index (χ2n) is 6.98. The third kappa shape index (κ3) is 4.00. The summed E-state index contributed by atoms with van der Waals surface area (Å²) in [7, 11) is 0. The van der Waals surface area contributed by atoms with E-state index in [4.69, 9.17) is 4.84 Å². The topological polar surface area (TPSA) is 79.8 Å². The summed E-state index contributed by atoms with van der Waals surface area (Å²) in [6.45, 7) is 1.91. The molecule has 138 valence electrons. The molecule has 2 aromatic rings. The molecule has 27 heavy (non-hydrogen) atoms. The number of oxime groups is 1. The number of benzene rings is 2. The lowest BCUT2D eigenvalue weighted by molar-refractivity contribution is -0.125. The molecule has 6 heteroatoms. The predicted octanol–water partition coefficient (Wildman–Crippen LogP) is 3.48. The fourth-order valence-corrected chi connectivity index (χ4v) is 2.96. The largest absolute Gasteiger partial charge is 0.382 e. The monoisotopic (exact) mass is 363 g/mol. The molecule has 4 rings (SSSR count). The lowest BCUT2D eigenvalue weighted by Gasteiger charge is -2.13. The second kappa shape index (κ2) is 7.23. The van der Waals surface area contributed by atoms with Gasteiger partial charge in [0.2, 0.25) is 12.0 Å². The minimum atomic E-state index is -0.663. The summed E-state index contributed by atoms with van der Waals surface area (Å²) in [6, 6.07) is 15.2. The van der Waals surface area contributed by atoms with Crippen LogP contribution in [0.15, 0.2) is 53.7 Å². The van der Waals surface area contributed by atoms with E-state index in [0.717, 1.165) is 29.7 Å². The van der Waals surface area contributed by atoms with Gasteiger partial charge in [-0.2, -0.15) is 0 Å². The standard InChI is InChI=1S/C21H21N3O3/c1-13-7-10-16(22-20(25)15-8-9-15)11-17(13)23-21(26)19-12-18(24-27-19)14-5-3-2-4-6-14/h2-7,10-11,15,19H,8-9,12H2,1H3,(H,22,25)(H,23,26)/t19-/m1/s1. The number of carbonyl (C=O) groups is 2. The zero-order valence-corrected chi connectivity index (χ0v) is 15.1. The van der Waals surface area contributed by atoms with Gasteiger partial charge in [0.15, 0.2) is 0 Å². The molecule has 0 saturated heterocycles. The quantitative estimate of drug-likeness (QED) is 0.853. The van der Waals surface area contributed by atoms with E-state index in [1.807, 2.05) is 49.4 Å². The Hall–Kier alpha value is -3.15. The lowest BCUT2D eigenvalue weighted by Crippen LogP contribution is -2.28. The van der Waals surface area contributed by atoms with Crippen LogP contribution in [0.4, 0.5) is 11.4 Å².